The van der Waals surface area contributed by atoms with Gasteiger partial charge >= 0.3 is 0 Å². The maximum Gasteiger partial charge on any atom is 0.246 e. The summed E-state index contributed by atoms with van der Waals surface area (Å²) in [5, 5.41) is 11.6. The van der Waals surface area contributed by atoms with Gasteiger partial charge < -0.3 is 24.8 Å². The van der Waals surface area contributed by atoms with Crippen LogP contribution in [0.3, 0.4) is 0 Å². The van der Waals surface area contributed by atoms with Crippen molar-refractivity contribution in [3.05, 3.63) is 53.4 Å². The van der Waals surface area contributed by atoms with Crippen molar-refractivity contribution >= 4 is 34.5 Å². The molecule has 11 nitrogen and oxygen atoms in total. The largest absolute Gasteiger partial charge is 0.368 e. The molecule has 39 heavy (non-hydrogen) atoms. The number of aryl methyl sites for hydroxylation is 1. The lowest BCUT2D eigenvalue weighted by Crippen LogP contribution is -2.54. The summed E-state index contributed by atoms with van der Waals surface area (Å²) in [4.78, 5) is 39.8. The van der Waals surface area contributed by atoms with Crippen LogP contribution in [0.4, 0.5) is 11.8 Å². The van der Waals surface area contributed by atoms with E-state index in [4.69, 9.17) is 14.7 Å². The maximum absolute atomic E-state index is 12.2. The number of fused-ring (bicyclic) bond motifs is 2. The van der Waals surface area contributed by atoms with Crippen LogP contribution in [0, 0.1) is 6.92 Å². The number of nitrogens with one attached hydrogen (secondary N) is 2. The van der Waals surface area contributed by atoms with Gasteiger partial charge in [-0.15, -0.1) is 0 Å². The monoisotopic (exact) mass is 532 g/mol. The first-order valence-corrected chi connectivity index (χ1v) is 13.3. The van der Waals surface area contributed by atoms with Crippen LogP contribution >= 0.6 is 0 Å². The predicted octanol–water partition coefficient (Wildman–Crippen LogP) is 2.59. The fourth-order valence-electron chi connectivity index (χ4n) is 5.44. The number of ether oxygens (including phenoxy) is 1. The Labute approximate surface area is 228 Å². The highest BCUT2D eigenvalue weighted by atomic mass is 16.5. The molecule has 5 rings (SSSR count). The number of anilines is 2. The molecule has 1 unspecified atom stereocenters. The number of H-pyrrole nitrogens is 1. The first-order chi connectivity index (χ1) is 18.8. The maximum atomic E-state index is 12.2. The number of benzene rings is 1. The molecular formula is C28H36N8O3. The summed E-state index contributed by atoms with van der Waals surface area (Å²) in [7, 11) is 3.49. The van der Waals surface area contributed by atoms with E-state index in [0.717, 1.165) is 39.1 Å². The van der Waals surface area contributed by atoms with Gasteiger partial charge in [0.1, 0.15) is 5.82 Å². The number of nitrogens with zero attached hydrogens (tertiary/aromatic N) is 6. The molecule has 206 valence electrons. The van der Waals surface area contributed by atoms with E-state index in [1.165, 1.54) is 6.08 Å². The number of rotatable bonds is 7. The zero-order chi connectivity index (χ0) is 27.7. The van der Waals surface area contributed by atoms with E-state index in [1.54, 1.807) is 19.0 Å². The van der Waals surface area contributed by atoms with Crippen LogP contribution in [0.25, 0.3) is 10.9 Å². The standard InChI is InChI=1S/C28H36N8O3/c1-6-24(37)35-11-12-36(18(3)15-35)27-20-16-39-23(26-17(2)7-8-21-19(26)14-30-33-21)13-22(20)31-28(32-27)29-10-9-25(38)34(4)5/h6-8,14,18,23H,1,9-13,15-16H2,2-5H3,(H,30,33)(H,29,31,32)/t18-,23?/m0/s1. The minimum atomic E-state index is -0.177. The first kappa shape index (κ1) is 26.6. The molecule has 2 atom stereocenters. The quantitative estimate of drug-likeness (QED) is 0.446. The van der Waals surface area contributed by atoms with Crippen molar-refractivity contribution in [1.82, 2.24) is 30.0 Å². The van der Waals surface area contributed by atoms with Crippen LogP contribution < -0.4 is 10.2 Å². The molecular weight excluding hydrogens is 496 g/mol. The highest BCUT2D eigenvalue weighted by molar-refractivity contribution is 5.87. The molecule has 0 spiro atoms. The average Bonchev–Trinajstić information content (AvgIpc) is 3.40. The van der Waals surface area contributed by atoms with Gasteiger partial charge in [-0.05, 0) is 37.1 Å². The van der Waals surface area contributed by atoms with E-state index in [-0.39, 0.29) is 24.0 Å². The fraction of sp³-hybridized carbons (Fsp3) is 0.464. The Kier molecular flexibility index (Phi) is 7.51. The average molecular weight is 533 g/mol. The van der Waals surface area contributed by atoms with E-state index in [1.807, 2.05) is 17.2 Å². The third-order valence-electron chi connectivity index (χ3n) is 7.59. The van der Waals surface area contributed by atoms with Gasteiger partial charge in [-0.25, -0.2) is 4.98 Å². The van der Waals surface area contributed by atoms with Gasteiger partial charge in [0, 0.05) is 70.1 Å². The SMILES string of the molecule is C=CC(=O)N1CCN(c2nc(NCCC(=O)N(C)C)nc3c2COC(c2c(C)ccc4[nH]ncc24)C3)[C@@H](C)C1. The van der Waals surface area contributed by atoms with Gasteiger partial charge in [-0.3, -0.25) is 14.7 Å². The van der Waals surface area contributed by atoms with Crippen LogP contribution in [-0.4, -0.2) is 88.1 Å². The lowest BCUT2D eigenvalue weighted by molar-refractivity contribution is -0.128. The number of hydrogen-bond donors (Lipinski definition) is 2. The first-order valence-electron chi connectivity index (χ1n) is 13.3. The topological polar surface area (TPSA) is 120 Å². The van der Waals surface area contributed by atoms with Crippen molar-refractivity contribution in [1.29, 1.82) is 0 Å². The summed E-state index contributed by atoms with van der Waals surface area (Å²) in [5.41, 5.74) is 5.12. The van der Waals surface area contributed by atoms with E-state index < -0.39 is 0 Å². The third kappa shape index (κ3) is 5.31. The number of aromatic amines is 1. The van der Waals surface area contributed by atoms with Gasteiger partial charge in [0.25, 0.3) is 0 Å². The molecule has 1 aromatic carbocycles. The molecule has 3 aromatic rings. The lowest BCUT2D eigenvalue weighted by atomic mass is 9.93. The molecule has 0 radical (unpaired) electrons. The molecule has 1 saturated heterocycles. The Balaban J connectivity index is 1.47. The molecule has 0 aliphatic carbocycles. The highest BCUT2D eigenvalue weighted by Gasteiger charge is 2.33. The predicted molar refractivity (Wildman–Crippen MR) is 149 cm³/mol. The van der Waals surface area contributed by atoms with Crippen LogP contribution in [0.15, 0.2) is 31.0 Å². The Morgan fingerprint density at radius 2 is 2.10 bits per heavy atom. The molecule has 1 fully saturated rings. The fourth-order valence-corrected chi connectivity index (χ4v) is 5.44. The van der Waals surface area contributed by atoms with Crippen molar-refractivity contribution in [2.75, 3.05) is 50.5 Å². The van der Waals surface area contributed by atoms with Crippen molar-refractivity contribution in [3.8, 4) is 0 Å². The Hall–Kier alpha value is -3.99. The van der Waals surface area contributed by atoms with Crippen LogP contribution in [0.5, 0.6) is 0 Å². The zero-order valence-electron chi connectivity index (χ0n) is 23.0. The minimum Gasteiger partial charge on any atom is -0.368 e. The number of piperazine rings is 1. The summed E-state index contributed by atoms with van der Waals surface area (Å²) in [6, 6.07) is 4.16. The van der Waals surface area contributed by atoms with Crippen LogP contribution in [-0.2, 0) is 27.4 Å². The van der Waals surface area contributed by atoms with Crippen molar-refractivity contribution in [2.24, 2.45) is 0 Å². The molecule has 0 bridgehead atoms. The van der Waals surface area contributed by atoms with Gasteiger partial charge in [0.2, 0.25) is 17.8 Å². The summed E-state index contributed by atoms with van der Waals surface area (Å²) in [5.74, 6) is 1.28. The second-order valence-electron chi connectivity index (χ2n) is 10.4. The Morgan fingerprint density at radius 3 is 2.85 bits per heavy atom. The third-order valence-corrected chi connectivity index (χ3v) is 7.59. The van der Waals surface area contributed by atoms with Crippen molar-refractivity contribution < 1.29 is 14.3 Å². The minimum absolute atomic E-state index is 0.0365. The molecule has 2 aromatic heterocycles. The summed E-state index contributed by atoms with van der Waals surface area (Å²) < 4.78 is 6.47. The van der Waals surface area contributed by atoms with Gasteiger partial charge in [-0.1, -0.05) is 12.6 Å². The highest BCUT2D eigenvalue weighted by Crippen LogP contribution is 2.38. The number of amides is 2. The normalized spacial score (nSPS) is 19.1. The number of hydrogen-bond acceptors (Lipinski definition) is 8. The van der Waals surface area contributed by atoms with E-state index in [9.17, 15) is 9.59 Å². The molecule has 11 heteroatoms. The smallest absolute Gasteiger partial charge is 0.246 e. The molecule has 2 aliphatic heterocycles. The number of carbonyl (C=O) groups is 2. The molecule has 0 saturated carbocycles. The van der Waals surface area contributed by atoms with E-state index >= 15 is 0 Å². The summed E-state index contributed by atoms with van der Waals surface area (Å²) >= 11 is 0. The molecule has 2 aliphatic rings. The lowest BCUT2D eigenvalue weighted by Gasteiger charge is -2.41. The van der Waals surface area contributed by atoms with Gasteiger partial charge in [-0.2, -0.15) is 10.1 Å². The number of carbonyl (C=O) groups excluding carboxylic acids is 2. The van der Waals surface area contributed by atoms with Crippen LogP contribution in [0.1, 0.15) is 41.8 Å². The van der Waals surface area contributed by atoms with E-state index in [0.29, 0.717) is 51.6 Å². The van der Waals surface area contributed by atoms with Crippen LogP contribution in [0.2, 0.25) is 0 Å². The number of aromatic nitrogens is 4. The summed E-state index contributed by atoms with van der Waals surface area (Å²) in [6.07, 6.45) is 3.97. The van der Waals surface area contributed by atoms with Crippen molar-refractivity contribution in [2.45, 2.75) is 45.4 Å². The molecule has 4 heterocycles. The second kappa shape index (κ2) is 11.0. The molecule has 2 N–H and O–H groups in total. The van der Waals surface area contributed by atoms with Crippen molar-refractivity contribution in [3.63, 3.8) is 0 Å². The van der Waals surface area contributed by atoms with Gasteiger partial charge in [0.15, 0.2) is 0 Å². The Bertz CT molecular complexity index is 1400. The molecule has 2 amide bonds. The second-order valence-corrected chi connectivity index (χ2v) is 10.4. The van der Waals surface area contributed by atoms with E-state index in [2.05, 4.69) is 46.9 Å². The zero-order valence-corrected chi connectivity index (χ0v) is 23.0. The van der Waals surface area contributed by atoms with Gasteiger partial charge in [0.05, 0.1) is 30.1 Å². The Morgan fingerprint density at radius 1 is 1.28 bits per heavy atom. The summed E-state index contributed by atoms with van der Waals surface area (Å²) in [6.45, 7) is 10.4.